The lowest BCUT2D eigenvalue weighted by Gasteiger charge is -2.19. The van der Waals surface area contributed by atoms with Gasteiger partial charge in [-0.15, -0.1) is 11.8 Å². The van der Waals surface area contributed by atoms with Gasteiger partial charge in [0.1, 0.15) is 5.75 Å². The molecule has 0 saturated carbocycles. The summed E-state index contributed by atoms with van der Waals surface area (Å²) in [6.45, 7) is 2.15. The predicted molar refractivity (Wildman–Crippen MR) is 105 cm³/mol. The van der Waals surface area contributed by atoms with Crippen LogP contribution in [0.1, 0.15) is 12.8 Å². The lowest BCUT2D eigenvalue weighted by atomic mass is 10.2. The van der Waals surface area contributed by atoms with Gasteiger partial charge < -0.3 is 14.2 Å². The minimum atomic E-state index is -0.210. The minimum absolute atomic E-state index is 0.00461. The average molecular weight is 383 g/mol. The molecule has 1 atom stereocenters. The standard InChI is InChI=1S/C20H21N3O3S/c1-14(27-17-10-5-4-6-11-17)20(24)23(2)13-18-21-19(22-26-18)15-8-7-9-16(12-15)25-3/h4-12,14H,13H2,1-3H3/t14-/m1/s1. The fourth-order valence-electron chi connectivity index (χ4n) is 2.54. The van der Waals surface area contributed by atoms with Gasteiger partial charge in [0.05, 0.1) is 18.9 Å². The Labute approximate surface area is 162 Å². The van der Waals surface area contributed by atoms with Crippen molar-refractivity contribution in [2.45, 2.75) is 23.6 Å². The number of nitrogens with zero attached hydrogens (tertiary/aromatic N) is 3. The van der Waals surface area contributed by atoms with E-state index in [4.69, 9.17) is 9.26 Å². The Morgan fingerprint density at radius 3 is 2.74 bits per heavy atom. The summed E-state index contributed by atoms with van der Waals surface area (Å²) in [4.78, 5) is 19.7. The van der Waals surface area contributed by atoms with Crippen molar-refractivity contribution in [3.8, 4) is 17.1 Å². The van der Waals surface area contributed by atoms with E-state index in [1.165, 1.54) is 11.8 Å². The van der Waals surface area contributed by atoms with Gasteiger partial charge in [0.25, 0.3) is 0 Å². The van der Waals surface area contributed by atoms with Crippen LogP contribution < -0.4 is 4.74 Å². The maximum absolute atomic E-state index is 12.6. The quantitative estimate of drug-likeness (QED) is 0.577. The van der Waals surface area contributed by atoms with E-state index < -0.39 is 0 Å². The highest BCUT2D eigenvalue weighted by molar-refractivity contribution is 8.00. The molecule has 27 heavy (non-hydrogen) atoms. The van der Waals surface area contributed by atoms with Gasteiger partial charge in [-0.3, -0.25) is 4.79 Å². The molecule has 0 fully saturated rings. The van der Waals surface area contributed by atoms with Gasteiger partial charge in [-0.05, 0) is 31.2 Å². The molecule has 2 aromatic carbocycles. The van der Waals surface area contributed by atoms with Gasteiger partial charge in [-0.2, -0.15) is 4.98 Å². The van der Waals surface area contributed by atoms with E-state index in [9.17, 15) is 4.79 Å². The van der Waals surface area contributed by atoms with Crippen molar-refractivity contribution in [1.29, 1.82) is 0 Å². The lowest BCUT2D eigenvalue weighted by Crippen LogP contribution is -2.32. The van der Waals surface area contributed by atoms with Crippen LogP contribution in [0.25, 0.3) is 11.4 Å². The van der Waals surface area contributed by atoms with Crippen LogP contribution in [0.2, 0.25) is 0 Å². The van der Waals surface area contributed by atoms with Gasteiger partial charge in [-0.1, -0.05) is 35.5 Å². The number of carbonyl (C=O) groups excluding carboxylic acids is 1. The van der Waals surface area contributed by atoms with E-state index in [0.29, 0.717) is 11.7 Å². The first-order valence-electron chi connectivity index (χ1n) is 8.50. The number of hydrogen-bond donors (Lipinski definition) is 0. The Morgan fingerprint density at radius 1 is 1.22 bits per heavy atom. The summed E-state index contributed by atoms with van der Waals surface area (Å²) in [6.07, 6.45) is 0. The fourth-order valence-corrected chi connectivity index (χ4v) is 3.55. The molecule has 0 aliphatic heterocycles. The first-order chi connectivity index (χ1) is 13.1. The molecule has 0 aliphatic rings. The molecule has 1 amide bonds. The molecule has 3 rings (SSSR count). The van der Waals surface area contributed by atoms with Crippen LogP contribution in [0, 0.1) is 0 Å². The highest BCUT2D eigenvalue weighted by atomic mass is 32.2. The van der Waals surface area contributed by atoms with Crippen LogP contribution in [-0.4, -0.2) is 40.4 Å². The summed E-state index contributed by atoms with van der Waals surface area (Å²) in [5, 5.41) is 3.79. The number of aromatic nitrogens is 2. The molecule has 1 aromatic heterocycles. The second-order valence-electron chi connectivity index (χ2n) is 6.01. The molecule has 0 aliphatic carbocycles. The van der Waals surface area contributed by atoms with E-state index >= 15 is 0 Å². The zero-order chi connectivity index (χ0) is 19.2. The van der Waals surface area contributed by atoms with E-state index in [0.717, 1.165) is 16.2 Å². The Morgan fingerprint density at radius 2 is 2.00 bits per heavy atom. The molecule has 0 saturated heterocycles. The molecule has 140 valence electrons. The van der Waals surface area contributed by atoms with E-state index in [2.05, 4.69) is 10.1 Å². The SMILES string of the molecule is COc1cccc(-c2noc(CN(C)C(=O)[C@@H](C)Sc3ccccc3)n2)c1. The molecule has 0 bridgehead atoms. The Kier molecular flexibility index (Phi) is 6.13. The number of thioether (sulfide) groups is 1. The monoisotopic (exact) mass is 383 g/mol. The molecule has 0 spiro atoms. The second-order valence-corrected chi connectivity index (χ2v) is 7.43. The fraction of sp³-hybridized carbons (Fsp3) is 0.250. The molecule has 1 heterocycles. The van der Waals surface area contributed by atoms with Gasteiger partial charge >= 0.3 is 0 Å². The van der Waals surface area contributed by atoms with Crippen LogP contribution in [0.5, 0.6) is 5.75 Å². The van der Waals surface area contributed by atoms with Gasteiger partial charge in [0, 0.05) is 17.5 Å². The van der Waals surface area contributed by atoms with Crippen molar-refractivity contribution in [3.63, 3.8) is 0 Å². The largest absolute Gasteiger partial charge is 0.497 e. The number of hydrogen-bond acceptors (Lipinski definition) is 6. The van der Waals surface area contributed by atoms with Crippen LogP contribution in [0.3, 0.4) is 0 Å². The number of methoxy groups -OCH3 is 1. The van der Waals surface area contributed by atoms with Crippen molar-refractivity contribution in [1.82, 2.24) is 15.0 Å². The van der Waals surface area contributed by atoms with Crippen LogP contribution in [-0.2, 0) is 11.3 Å². The molecule has 3 aromatic rings. The van der Waals surface area contributed by atoms with Crippen LogP contribution >= 0.6 is 11.8 Å². The molecule has 7 heteroatoms. The zero-order valence-electron chi connectivity index (χ0n) is 15.5. The third kappa shape index (κ3) is 4.89. The minimum Gasteiger partial charge on any atom is -0.497 e. The highest BCUT2D eigenvalue weighted by Crippen LogP contribution is 2.25. The zero-order valence-corrected chi connectivity index (χ0v) is 16.3. The van der Waals surface area contributed by atoms with Crippen molar-refractivity contribution >= 4 is 17.7 Å². The van der Waals surface area contributed by atoms with Crippen molar-refractivity contribution in [3.05, 3.63) is 60.5 Å². The Bertz CT molecular complexity index is 898. The lowest BCUT2D eigenvalue weighted by molar-refractivity contribution is -0.129. The summed E-state index contributed by atoms with van der Waals surface area (Å²) < 4.78 is 10.5. The van der Waals surface area contributed by atoms with Crippen LogP contribution in [0.15, 0.2) is 64.0 Å². The summed E-state index contributed by atoms with van der Waals surface area (Å²) in [5.74, 6) is 1.58. The first kappa shape index (κ1) is 19.0. The number of ether oxygens (including phenoxy) is 1. The molecular formula is C20H21N3O3S. The second kappa shape index (κ2) is 8.73. The van der Waals surface area contributed by atoms with Gasteiger partial charge in [0.2, 0.25) is 17.6 Å². The third-order valence-electron chi connectivity index (χ3n) is 3.95. The molecule has 6 nitrogen and oxygen atoms in total. The summed E-state index contributed by atoms with van der Waals surface area (Å²) in [6, 6.07) is 17.3. The Balaban J connectivity index is 1.63. The van der Waals surface area contributed by atoms with Crippen molar-refractivity contribution < 1.29 is 14.1 Å². The predicted octanol–water partition coefficient (Wildman–Crippen LogP) is 3.88. The van der Waals surface area contributed by atoms with E-state index in [1.807, 2.05) is 61.5 Å². The van der Waals surface area contributed by atoms with E-state index in [-0.39, 0.29) is 17.7 Å². The van der Waals surface area contributed by atoms with Gasteiger partial charge in [0.15, 0.2) is 0 Å². The normalized spacial score (nSPS) is 11.8. The van der Waals surface area contributed by atoms with Crippen LogP contribution in [0.4, 0.5) is 0 Å². The van der Waals surface area contributed by atoms with Crippen molar-refractivity contribution in [2.24, 2.45) is 0 Å². The number of carbonyl (C=O) groups is 1. The molecule has 0 unspecified atom stereocenters. The number of amides is 1. The third-order valence-corrected chi connectivity index (χ3v) is 5.05. The van der Waals surface area contributed by atoms with Gasteiger partial charge in [-0.25, -0.2) is 0 Å². The number of benzene rings is 2. The summed E-state index contributed by atoms with van der Waals surface area (Å²) in [5.41, 5.74) is 0.798. The molecule has 0 N–H and O–H groups in total. The van der Waals surface area contributed by atoms with E-state index in [1.54, 1.807) is 19.1 Å². The Hall–Kier alpha value is -2.80. The molecule has 0 radical (unpaired) electrons. The maximum Gasteiger partial charge on any atom is 0.246 e. The van der Waals surface area contributed by atoms with Crippen molar-refractivity contribution in [2.75, 3.05) is 14.2 Å². The molecular weight excluding hydrogens is 362 g/mol. The number of rotatable bonds is 7. The smallest absolute Gasteiger partial charge is 0.246 e. The topological polar surface area (TPSA) is 68.5 Å². The summed E-state index contributed by atoms with van der Waals surface area (Å²) in [7, 11) is 3.34. The maximum atomic E-state index is 12.6. The highest BCUT2D eigenvalue weighted by Gasteiger charge is 2.21. The first-order valence-corrected chi connectivity index (χ1v) is 9.38. The average Bonchev–Trinajstić information content (AvgIpc) is 3.16. The summed E-state index contributed by atoms with van der Waals surface area (Å²) >= 11 is 1.52.